The number of aromatic nitrogens is 2. The maximum absolute atomic E-state index is 11.7. The van der Waals surface area contributed by atoms with Crippen molar-refractivity contribution < 1.29 is 5.11 Å². The molecule has 0 saturated heterocycles. The number of benzene rings is 1. The second kappa shape index (κ2) is 7.14. The number of rotatable bonds is 3. The van der Waals surface area contributed by atoms with Crippen LogP contribution in [0.5, 0.6) is 0 Å². The Balaban J connectivity index is 1.99. The number of hydrogen-bond donors (Lipinski definition) is 1. The molecule has 3 heteroatoms. The van der Waals surface area contributed by atoms with Gasteiger partial charge in [-0.2, -0.15) is 0 Å². The molecule has 3 nitrogen and oxygen atoms in total. The highest BCUT2D eigenvalue weighted by molar-refractivity contribution is 5.63. The fourth-order valence-corrected chi connectivity index (χ4v) is 3.48. The Bertz CT molecular complexity index is 918. The smallest absolute Gasteiger partial charge is 0.138 e. The molecule has 0 bridgehead atoms. The van der Waals surface area contributed by atoms with Gasteiger partial charge in [-0.15, -0.1) is 0 Å². The van der Waals surface area contributed by atoms with Gasteiger partial charge in [0.25, 0.3) is 0 Å². The molecule has 2 aromatic heterocycles. The van der Waals surface area contributed by atoms with E-state index in [1.165, 1.54) is 5.56 Å². The molecule has 0 fully saturated rings. The van der Waals surface area contributed by atoms with Crippen LogP contribution >= 0.6 is 0 Å². The van der Waals surface area contributed by atoms with Crippen molar-refractivity contribution in [1.29, 1.82) is 0 Å². The van der Waals surface area contributed by atoms with Crippen LogP contribution in [-0.2, 0) is 11.0 Å². The fourth-order valence-electron chi connectivity index (χ4n) is 3.48. The van der Waals surface area contributed by atoms with Crippen LogP contribution in [-0.4, -0.2) is 15.1 Å². The van der Waals surface area contributed by atoms with Gasteiger partial charge in [0.1, 0.15) is 5.60 Å². The van der Waals surface area contributed by atoms with E-state index in [1.807, 2.05) is 51.2 Å². The van der Waals surface area contributed by atoms with Gasteiger partial charge in [-0.05, 0) is 28.7 Å². The van der Waals surface area contributed by atoms with Crippen LogP contribution in [0.2, 0.25) is 0 Å². The maximum atomic E-state index is 11.7. The summed E-state index contributed by atoms with van der Waals surface area (Å²) in [4.78, 5) is 8.86. The van der Waals surface area contributed by atoms with Crippen molar-refractivity contribution in [2.45, 2.75) is 52.6 Å². The van der Waals surface area contributed by atoms with Crippen molar-refractivity contribution in [2.24, 2.45) is 5.41 Å². The minimum atomic E-state index is -1.23. The molecule has 1 aromatic carbocycles. The van der Waals surface area contributed by atoms with E-state index in [9.17, 15) is 5.11 Å². The van der Waals surface area contributed by atoms with Gasteiger partial charge in [-0.25, -0.2) is 0 Å². The molecule has 0 aliphatic carbocycles. The number of nitrogens with zero attached hydrogens (tertiary/aromatic N) is 2. The lowest BCUT2D eigenvalue weighted by Gasteiger charge is -2.40. The SMILES string of the molecule is CC(C)(C)c1ccc(-c2ccc(C(O)(c3cccnc3)C(C)(C)C)nc2)cc1. The van der Waals surface area contributed by atoms with Crippen LogP contribution < -0.4 is 0 Å². The van der Waals surface area contributed by atoms with Crippen molar-refractivity contribution in [2.75, 3.05) is 0 Å². The molecule has 2 heterocycles. The van der Waals surface area contributed by atoms with E-state index >= 15 is 0 Å². The average molecular weight is 375 g/mol. The van der Waals surface area contributed by atoms with Crippen molar-refractivity contribution in [3.8, 4) is 11.1 Å². The van der Waals surface area contributed by atoms with E-state index < -0.39 is 11.0 Å². The van der Waals surface area contributed by atoms with Crippen molar-refractivity contribution >= 4 is 0 Å². The van der Waals surface area contributed by atoms with Crippen molar-refractivity contribution in [1.82, 2.24) is 9.97 Å². The Kier molecular flexibility index (Phi) is 5.16. The molecule has 0 radical (unpaired) electrons. The molecule has 3 aromatic rings. The highest BCUT2D eigenvalue weighted by Crippen LogP contribution is 2.43. The van der Waals surface area contributed by atoms with Gasteiger partial charge in [0.05, 0.1) is 5.69 Å². The number of aliphatic hydroxyl groups is 1. The van der Waals surface area contributed by atoms with Gasteiger partial charge in [0, 0.05) is 35.1 Å². The second-order valence-electron chi connectivity index (χ2n) is 9.46. The normalized spacial score (nSPS) is 14.5. The molecular weight excluding hydrogens is 344 g/mol. The standard InChI is InChI=1S/C25H30N2O/c1-23(2,3)20-12-9-18(10-13-20)19-11-14-22(27-16-19)25(28,24(4,5)6)21-8-7-15-26-17-21/h7-17,28H,1-6H3. The topological polar surface area (TPSA) is 46.0 Å². The third-order valence-corrected chi connectivity index (χ3v) is 5.38. The molecule has 28 heavy (non-hydrogen) atoms. The molecule has 146 valence electrons. The van der Waals surface area contributed by atoms with Crippen LogP contribution in [0, 0.1) is 5.41 Å². The van der Waals surface area contributed by atoms with Crippen LogP contribution in [0.3, 0.4) is 0 Å². The van der Waals surface area contributed by atoms with Crippen LogP contribution in [0.1, 0.15) is 58.4 Å². The second-order valence-corrected chi connectivity index (χ2v) is 9.46. The molecule has 0 aliphatic heterocycles. The Morgan fingerprint density at radius 2 is 1.36 bits per heavy atom. The summed E-state index contributed by atoms with van der Waals surface area (Å²) in [6.45, 7) is 12.7. The number of hydrogen-bond acceptors (Lipinski definition) is 3. The first kappa shape index (κ1) is 20.2. The van der Waals surface area contributed by atoms with Crippen LogP contribution in [0.25, 0.3) is 11.1 Å². The lowest BCUT2D eigenvalue weighted by molar-refractivity contribution is -0.0298. The molecule has 1 atom stereocenters. The molecule has 3 rings (SSSR count). The van der Waals surface area contributed by atoms with E-state index in [2.05, 4.69) is 55.0 Å². The monoisotopic (exact) mass is 374 g/mol. The highest BCUT2D eigenvalue weighted by Gasteiger charge is 2.44. The molecule has 0 amide bonds. The lowest BCUT2D eigenvalue weighted by atomic mass is 9.70. The Hall–Kier alpha value is -2.52. The third kappa shape index (κ3) is 3.72. The molecule has 1 N–H and O–H groups in total. The van der Waals surface area contributed by atoms with Gasteiger partial charge in [-0.1, -0.05) is 77.9 Å². The quantitative estimate of drug-likeness (QED) is 0.637. The zero-order valence-corrected chi connectivity index (χ0v) is 17.7. The highest BCUT2D eigenvalue weighted by atomic mass is 16.3. The lowest BCUT2D eigenvalue weighted by Crippen LogP contribution is -2.42. The van der Waals surface area contributed by atoms with E-state index in [1.54, 1.807) is 12.4 Å². The Morgan fingerprint density at radius 3 is 1.82 bits per heavy atom. The summed E-state index contributed by atoms with van der Waals surface area (Å²) in [5.41, 5.74) is 3.29. The zero-order chi connectivity index (χ0) is 20.6. The van der Waals surface area contributed by atoms with Crippen molar-refractivity contribution in [3.63, 3.8) is 0 Å². The maximum Gasteiger partial charge on any atom is 0.138 e. The van der Waals surface area contributed by atoms with Crippen molar-refractivity contribution in [3.05, 3.63) is 83.9 Å². The number of pyridine rings is 2. The predicted molar refractivity (Wildman–Crippen MR) is 115 cm³/mol. The summed E-state index contributed by atoms with van der Waals surface area (Å²) in [6, 6.07) is 16.3. The largest absolute Gasteiger partial charge is 0.378 e. The minimum absolute atomic E-state index is 0.132. The van der Waals surface area contributed by atoms with E-state index in [0.29, 0.717) is 5.69 Å². The molecule has 0 aliphatic rings. The summed E-state index contributed by atoms with van der Waals surface area (Å²) in [5.74, 6) is 0. The first-order valence-electron chi connectivity index (χ1n) is 9.74. The van der Waals surface area contributed by atoms with E-state index in [-0.39, 0.29) is 5.41 Å². The summed E-state index contributed by atoms with van der Waals surface area (Å²) in [6.07, 6.45) is 5.27. The minimum Gasteiger partial charge on any atom is -0.378 e. The molecule has 1 unspecified atom stereocenters. The molecule has 0 spiro atoms. The Labute approximate surface area is 168 Å². The Morgan fingerprint density at radius 1 is 0.714 bits per heavy atom. The first-order chi connectivity index (χ1) is 13.0. The van der Waals surface area contributed by atoms with E-state index in [4.69, 9.17) is 0 Å². The zero-order valence-electron chi connectivity index (χ0n) is 17.7. The third-order valence-electron chi connectivity index (χ3n) is 5.38. The summed E-state index contributed by atoms with van der Waals surface area (Å²) >= 11 is 0. The van der Waals surface area contributed by atoms with Gasteiger partial charge >= 0.3 is 0 Å². The van der Waals surface area contributed by atoms with Gasteiger partial charge in [0.15, 0.2) is 0 Å². The first-order valence-corrected chi connectivity index (χ1v) is 9.74. The summed E-state index contributed by atoms with van der Waals surface area (Å²) < 4.78 is 0. The summed E-state index contributed by atoms with van der Waals surface area (Å²) in [5, 5.41) is 11.7. The van der Waals surface area contributed by atoms with Gasteiger partial charge in [-0.3, -0.25) is 9.97 Å². The fraction of sp³-hybridized carbons (Fsp3) is 0.360. The van der Waals surface area contributed by atoms with Crippen LogP contribution in [0.15, 0.2) is 67.1 Å². The summed E-state index contributed by atoms with van der Waals surface area (Å²) in [7, 11) is 0. The molecular formula is C25H30N2O. The van der Waals surface area contributed by atoms with Gasteiger partial charge < -0.3 is 5.11 Å². The predicted octanol–water partition coefficient (Wildman–Crippen LogP) is 5.72. The molecule has 0 saturated carbocycles. The average Bonchev–Trinajstić information content (AvgIpc) is 2.67. The van der Waals surface area contributed by atoms with E-state index in [0.717, 1.165) is 16.7 Å². The van der Waals surface area contributed by atoms with Gasteiger partial charge in [0.2, 0.25) is 0 Å². The van der Waals surface area contributed by atoms with Crippen LogP contribution in [0.4, 0.5) is 0 Å².